The number of benzene rings is 3. The topological polar surface area (TPSA) is 104 Å². The van der Waals surface area contributed by atoms with Gasteiger partial charge in [0.2, 0.25) is 20.0 Å². The van der Waals surface area contributed by atoms with E-state index in [1.54, 1.807) is 72.8 Å². The van der Waals surface area contributed by atoms with Gasteiger partial charge in [-0.25, -0.2) is 16.8 Å². The molecule has 0 unspecified atom stereocenters. The minimum atomic E-state index is -3.57. The summed E-state index contributed by atoms with van der Waals surface area (Å²) in [7, 11) is -5.58. The fraction of sp³-hybridized carbons (Fsp3) is 0.174. The van der Waals surface area contributed by atoms with Crippen molar-refractivity contribution < 1.29 is 21.6 Å². The molecular weight excluding hydrogens is 498 g/mol. The van der Waals surface area contributed by atoms with Gasteiger partial charge in [-0.2, -0.15) is 0 Å². The van der Waals surface area contributed by atoms with Gasteiger partial charge >= 0.3 is 0 Å². The Morgan fingerprint density at radius 2 is 1.47 bits per heavy atom. The Morgan fingerprint density at radius 1 is 0.853 bits per heavy atom. The lowest BCUT2D eigenvalue weighted by Crippen LogP contribution is -2.29. The third kappa shape index (κ3) is 6.49. The van der Waals surface area contributed by atoms with Crippen LogP contribution < -0.4 is 13.9 Å². The Kier molecular flexibility index (Phi) is 7.54. The van der Waals surface area contributed by atoms with E-state index in [1.807, 2.05) is 0 Å². The molecule has 3 aromatic rings. The smallest absolute Gasteiger partial charge is 0.255 e. The van der Waals surface area contributed by atoms with Gasteiger partial charge < -0.3 is 5.32 Å². The molecule has 0 saturated carbocycles. The third-order valence-electron chi connectivity index (χ3n) is 5.00. The molecule has 0 radical (unpaired) electrons. The van der Waals surface area contributed by atoms with E-state index in [9.17, 15) is 21.6 Å². The van der Waals surface area contributed by atoms with E-state index in [0.29, 0.717) is 33.2 Å². The molecular formula is C23H24ClN3O5S2. The lowest BCUT2D eigenvalue weighted by atomic mass is 10.1. The zero-order chi connectivity index (χ0) is 25.1. The molecule has 0 atom stereocenters. The maximum atomic E-state index is 12.7. The van der Waals surface area contributed by atoms with Gasteiger partial charge in [-0.15, -0.1) is 0 Å². The van der Waals surface area contributed by atoms with Crippen LogP contribution in [0.4, 0.5) is 17.1 Å². The first-order chi connectivity index (χ1) is 15.8. The number of rotatable bonds is 8. The molecule has 0 aliphatic carbocycles. The van der Waals surface area contributed by atoms with Gasteiger partial charge in [-0.05, 0) is 54.1 Å². The molecule has 11 heteroatoms. The SMILES string of the molecule is CN(c1cccc(NC(=O)c2ccc(CN(c3cccc(Cl)c3)S(C)(=O)=O)cc2)c1)S(C)(=O)=O. The van der Waals surface area contributed by atoms with Crippen molar-refractivity contribution in [3.05, 3.63) is 88.9 Å². The van der Waals surface area contributed by atoms with Gasteiger partial charge in [-0.1, -0.05) is 35.9 Å². The molecule has 0 saturated heterocycles. The molecule has 0 aliphatic heterocycles. The van der Waals surface area contributed by atoms with Gasteiger partial charge in [-0.3, -0.25) is 13.4 Å². The number of halogens is 1. The van der Waals surface area contributed by atoms with E-state index in [2.05, 4.69) is 5.32 Å². The first kappa shape index (κ1) is 25.5. The minimum Gasteiger partial charge on any atom is -0.322 e. The van der Waals surface area contributed by atoms with Gasteiger partial charge in [0.15, 0.2) is 0 Å². The molecule has 34 heavy (non-hydrogen) atoms. The van der Waals surface area contributed by atoms with Crippen molar-refractivity contribution in [2.45, 2.75) is 6.54 Å². The third-order valence-corrected chi connectivity index (χ3v) is 7.59. The average molecular weight is 522 g/mol. The van der Waals surface area contributed by atoms with Crippen LogP contribution in [0.5, 0.6) is 0 Å². The summed E-state index contributed by atoms with van der Waals surface area (Å²) in [5.74, 6) is -0.388. The fourth-order valence-corrected chi connectivity index (χ4v) is 4.69. The number of anilines is 3. The number of sulfonamides is 2. The number of hydrogen-bond donors (Lipinski definition) is 1. The first-order valence-electron chi connectivity index (χ1n) is 10.0. The van der Waals surface area contributed by atoms with Crippen molar-refractivity contribution in [2.24, 2.45) is 0 Å². The number of nitrogens with zero attached hydrogens (tertiary/aromatic N) is 2. The highest BCUT2D eigenvalue weighted by molar-refractivity contribution is 7.92. The van der Waals surface area contributed by atoms with Crippen molar-refractivity contribution in [3.63, 3.8) is 0 Å². The Balaban J connectivity index is 1.76. The maximum Gasteiger partial charge on any atom is 0.255 e. The number of carbonyl (C=O) groups excluding carboxylic acids is 1. The Hall–Kier alpha value is -3.08. The maximum absolute atomic E-state index is 12.7. The van der Waals surface area contributed by atoms with Crippen LogP contribution in [0.25, 0.3) is 0 Å². The van der Waals surface area contributed by atoms with E-state index >= 15 is 0 Å². The lowest BCUT2D eigenvalue weighted by Gasteiger charge is -2.23. The first-order valence-corrected chi connectivity index (χ1v) is 14.1. The summed E-state index contributed by atoms with van der Waals surface area (Å²) in [5, 5.41) is 3.16. The van der Waals surface area contributed by atoms with Crippen LogP contribution in [0.15, 0.2) is 72.8 Å². The normalized spacial score (nSPS) is 11.6. The Labute approximate surface area is 204 Å². The summed E-state index contributed by atoms with van der Waals surface area (Å²) < 4.78 is 50.5. The van der Waals surface area contributed by atoms with Crippen molar-refractivity contribution in [1.29, 1.82) is 0 Å². The van der Waals surface area contributed by atoms with E-state index in [0.717, 1.165) is 16.8 Å². The highest BCUT2D eigenvalue weighted by Crippen LogP contribution is 2.24. The highest BCUT2D eigenvalue weighted by atomic mass is 35.5. The molecule has 3 aromatic carbocycles. The molecule has 1 amide bonds. The van der Waals surface area contributed by atoms with Gasteiger partial charge in [0, 0.05) is 23.3 Å². The second-order valence-corrected chi connectivity index (χ2v) is 12.0. The molecule has 0 aromatic heterocycles. The monoisotopic (exact) mass is 521 g/mol. The second-order valence-electron chi connectivity index (χ2n) is 7.68. The summed E-state index contributed by atoms with van der Waals surface area (Å²) in [6.45, 7) is 0.0704. The van der Waals surface area contributed by atoms with Gasteiger partial charge in [0.25, 0.3) is 5.91 Å². The molecule has 1 N–H and O–H groups in total. The summed E-state index contributed by atoms with van der Waals surface area (Å²) in [6.07, 6.45) is 2.21. The summed E-state index contributed by atoms with van der Waals surface area (Å²) in [5.41, 5.74) is 2.33. The quantitative estimate of drug-likeness (QED) is 0.483. The largest absolute Gasteiger partial charge is 0.322 e. The average Bonchev–Trinajstić information content (AvgIpc) is 2.76. The number of hydrogen-bond acceptors (Lipinski definition) is 5. The summed E-state index contributed by atoms with van der Waals surface area (Å²) in [4.78, 5) is 12.7. The minimum absolute atomic E-state index is 0.0704. The molecule has 0 spiro atoms. The molecule has 0 aliphatic rings. The van der Waals surface area contributed by atoms with Crippen LogP contribution in [-0.2, 0) is 26.6 Å². The van der Waals surface area contributed by atoms with Crippen LogP contribution in [0.1, 0.15) is 15.9 Å². The molecule has 3 rings (SSSR count). The van der Waals surface area contributed by atoms with Crippen molar-refractivity contribution in [3.8, 4) is 0 Å². The van der Waals surface area contributed by atoms with E-state index in [4.69, 9.17) is 11.6 Å². The molecule has 8 nitrogen and oxygen atoms in total. The lowest BCUT2D eigenvalue weighted by molar-refractivity contribution is 0.102. The number of nitrogens with one attached hydrogen (secondary N) is 1. The van der Waals surface area contributed by atoms with Crippen LogP contribution >= 0.6 is 11.6 Å². The van der Waals surface area contributed by atoms with Crippen LogP contribution in [0.3, 0.4) is 0 Å². The number of amides is 1. The summed E-state index contributed by atoms with van der Waals surface area (Å²) >= 11 is 6.01. The van der Waals surface area contributed by atoms with Crippen LogP contribution in [0, 0.1) is 0 Å². The van der Waals surface area contributed by atoms with E-state index in [-0.39, 0.29) is 12.5 Å². The molecule has 0 bridgehead atoms. The van der Waals surface area contributed by atoms with E-state index in [1.165, 1.54) is 11.4 Å². The zero-order valence-electron chi connectivity index (χ0n) is 18.8. The van der Waals surface area contributed by atoms with Gasteiger partial charge in [0.05, 0.1) is 30.4 Å². The predicted molar refractivity (Wildman–Crippen MR) is 137 cm³/mol. The standard InChI is InChI=1S/C23H24ClN3O5S2/c1-26(33(2,29)30)21-8-5-7-20(15-21)25-23(28)18-12-10-17(11-13-18)16-27(34(3,31)32)22-9-4-6-19(24)14-22/h4-15H,16H2,1-3H3,(H,25,28). The van der Waals surface area contributed by atoms with Crippen molar-refractivity contribution in [2.75, 3.05) is 33.5 Å². The van der Waals surface area contributed by atoms with Crippen molar-refractivity contribution >= 4 is 54.6 Å². The summed E-state index contributed by atoms with van der Waals surface area (Å²) in [6, 6.07) is 19.6. The predicted octanol–water partition coefficient (Wildman–Crippen LogP) is 3.95. The molecule has 0 heterocycles. The fourth-order valence-electron chi connectivity index (χ4n) is 3.13. The molecule has 180 valence electrons. The zero-order valence-corrected chi connectivity index (χ0v) is 21.2. The Bertz CT molecular complexity index is 1410. The molecule has 0 fully saturated rings. The van der Waals surface area contributed by atoms with E-state index < -0.39 is 20.0 Å². The van der Waals surface area contributed by atoms with Crippen LogP contribution in [0.2, 0.25) is 5.02 Å². The highest BCUT2D eigenvalue weighted by Gasteiger charge is 2.19. The van der Waals surface area contributed by atoms with Crippen molar-refractivity contribution in [1.82, 2.24) is 0 Å². The Morgan fingerprint density at radius 3 is 2.06 bits per heavy atom. The van der Waals surface area contributed by atoms with Crippen LogP contribution in [-0.4, -0.2) is 42.3 Å². The van der Waals surface area contributed by atoms with Gasteiger partial charge in [0.1, 0.15) is 0 Å². The second kappa shape index (κ2) is 10.0. The number of carbonyl (C=O) groups is 1.